The van der Waals surface area contributed by atoms with Crippen LogP contribution in [0, 0.1) is 0 Å². The lowest BCUT2D eigenvalue weighted by atomic mass is 10.1. The maximum Gasteiger partial charge on any atom is 0.573 e. The van der Waals surface area contributed by atoms with Gasteiger partial charge in [0.1, 0.15) is 11.4 Å². The first-order valence-electron chi connectivity index (χ1n) is 5.48. The summed E-state index contributed by atoms with van der Waals surface area (Å²) in [7, 11) is 0. The van der Waals surface area contributed by atoms with Gasteiger partial charge in [0.25, 0.3) is 0 Å². The van der Waals surface area contributed by atoms with Crippen LogP contribution in [0.4, 0.5) is 26.3 Å². The van der Waals surface area contributed by atoms with E-state index >= 15 is 0 Å². The molecule has 0 saturated carbocycles. The van der Waals surface area contributed by atoms with Crippen molar-refractivity contribution in [3.63, 3.8) is 0 Å². The molecule has 1 aromatic carbocycles. The van der Waals surface area contributed by atoms with Crippen molar-refractivity contribution in [1.29, 1.82) is 0 Å². The summed E-state index contributed by atoms with van der Waals surface area (Å²) in [6.07, 6.45) is -9.91. The van der Waals surface area contributed by atoms with Crippen molar-refractivity contribution in [2.24, 2.45) is 0 Å². The molecule has 4 nitrogen and oxygen atoms in total. The van der Waals surface area contributed by atoms with Gasteiger partial charge in [0, 0.05) is 5.39 Å². The predicted octanol–water partition coefficient (Wildman–Crippen LogP) is 3.85. The Labute approximate surface area is 117 Å². The molecule has 0 radical (unpaired) electrons. The highest BCUT2D eigenvalue weighted by Crippen LogP contribution is 2.33. The lowest BCUT2D eigenvalue weighted by molar-refractivity contribution is -0.274. The number of aromatic carboxylic acids is 1. The molecule has 0 atom stereocenters. The lowest BCUT2D eigenvalue weighted by Gasteiger charge is -2.12. The molecule has 1 heterocycles. The summed E-state index contributed by atoms with van der Waals surface area (Å²) in [4.78, 5) is 14.2. The Morgan fingerprint density at radius 1 is 1.09 bits per heavy atom. The van der Waals surface area contributed by atoms with Crippen molar-refractivity contribution in [2.75, 3.05) is 0 Å². The van der Waals surface area contributed by atoms with Crippen LogP contribution in [0.15, 0.2) is 24.3 Å². The van der Waals surface area contributed by atoms with E-state index in [1.807, 2.05) is 0 Å². The molecular formula is C12H5F6NO3. The quantitative estimate of drug-likeness (QED) is 0.852. The molecular weight excluding hydrogens is 320 g/mol. The zero-order valence-electron chi connectivity index (χ0n) is 10.3. The van der Waals surface area contributed by atoms with Gasteiger partial charge in [0.15, 0.2) is 0 Å². The molecule has 1 aromatic heterocycles. The summed E-state index contributed by atoms with van der Waals surface area (Å²) in [5.74, 6) is -2.49. The summed E-state index contributed by atoms with van der Waals surface area (Å²) in [6.45, 7) is 0. The highest BCUT2D eigenvalue weighted by Gasteiger charge is 2.35. The van der Waals surface area contributed by atoms with Crippen LogP contribution < -0.4 is 4.74 Å². The van der Waals surface area contributed by atoms with Gasteiger partial charge in [-0.2, -0.15) is 13.2 Å². The Morgan fingerprint density at radius 3 is 2.23 bits per heavy atom. The normalized spacial score (nSPS) is 12.5. The second kappa shape index (κ2) is 5.04. The fraction of sp³-hybridized carbons (Fsp3) is 0.167. The van der Waals surface area contributed by atoms with Crippen LogP contribution in [0.5, 0.6) is 5.75 Å². The summed E-state index contributed by atoms with van der Waals surface area (Å²) in [5.41, 5.74) is -2.70. The highest BCUT2D eigenvalue weighted by molar-refractivity contribution is 6.03. The molecule has 0 aliphatic rings. The molecule has 0 bridgehead atoms. The molecule has 0 aliphatic heterocycles. The van der Waals surface area contributed by atoms with Crippen LogP contribution in [-0.2, 0) is 6.18 Å². The van der Waals surface area contributed by atoms with E-state index in [0.29, 0.717) is 6.07 Å². The number of ether oxygens (including phenoxy) is 1. The van der Waals surface area contributed by atoms with E-state index in [1.54, 1.807) is 0 Å². The molecule has 2 rings (SSSR count). The number of benzene rings is 1. The van der Waals surface area contributed by atoms with Crippen LogP contribution in [-0.4, -0.2) is 22.4 Å². The largest absolute Gasteiger partial charge is 0.573 e. The molecule has 0 aliphatic carbocycles. The predicted molar refractivity (Wildman–Crippen MR) is 60.4 cm³/mol. The first kappa shape index (κ1) is 15.9. The minimum atomic E-state index is -5.02. The van der Waals surface area contributed by atoms with Crippen LogP contribution in [0.3, 0.4) is 0 Å². The number of nitrogens with zero attached hydrogens (tertiary/aromatic N) is 1. The molecule has 1 N–H and O–H groups in total. The monoisotopic (exact) mass is 325 g/mol. The highest BCUT2D eigenvalue weighted by atomic mass is 19.4. The van der Waals surface area contributed by atoms with E-state index in [4.69, 9.17) is 5.11 Å². The zero-order chi connectivity index (χ0) is 16.7. The van der Waals surface area contributed by atoms with Gasteiger partial charge in [-0.25, -0.2) is 9.78 Å². The van der Waals surface area contributed by atoms with Crippen LogP contribution in [0.2, 0.25) is 0 Å². The third-order valence-electron chi connectivity index (χ3n) is 2.53. The summed E-state index contributed by atoms with van der Waals surface area (Å²) in [5, 5.41) is 8.54. The Hall–Kier alpha value is -2.52. The number of hydrogen-bond acceptors (Lipinski definition) is 3. The van der Waals surface area contributed by atoms with Gasteiger partial charge in [-0.15, -0.1) is 13.2 Å². The second-order valence-corrected chi connectivity index (χ2v) is 4.08. The minimum Gasteiger partial charge on any atom is -0.478 e. The first-order chi connectivity index (χ1) is 9.97. The maximum absolute atomic E-state index is 12.6. The molecule has 0 saturated heterocycles. The zero-order valence-corrected chi connectivity index (χ0v) is 10.3. The van der Waals surface area contributed by atoms with Crippen molar-refractivity contribution >= 4 is 16.9 Å². The van der Waals surface area contributed by atoms with Gasteiger partial charge in [-0.1, -0.05) is 0 Å². The van der Waals surface area contributed by atoms with Crippen molar-refractivity contribution in [1.82, 2.24) is 4.98 Å². The van der Waals surface area contributed by atoms with Gasteiger partial charge >= 0.3 is 18.5 Å². The van der Waals surface area contributed by atoms with E-state index in [0.717, 1.165) is 12.1 Å². The van der Waals surface area contributed by atoms with Crippen LogP contribution in [0.25, 0.3) is 10.9 Å². The first-order valence-corrected chi connectivity index (χ1v) is 5.48. The molecule has 2 aromatic rings. The van der Waals surface area contributed by atoms with E-state index in [2.05, 4.69) is 9.72 Å². The molecule has 10 heteroatoms. The number of carboxylic acid groups (broad SMARTS) is 1. The Balaban J connectivity index is 2.66. The topological polar surface area (TPSA) is 59.4 Å². The fourth-order valence-corrected chi connectivity index (χ4v) is 1.72. The minimum absolute atomic E-state index is 0.252. The lowest BCUT2D eigenvalue weighted by Crippen LogP contribution is -2.17. The number of carbonyl (C=O) groups is 1. The van der Waals surface area contributed by atoms with Crippen molar-refractivity contribution in [3.05, 3.63) is 35.5 Å². The van der Waals surface area contributed by atoms with E-state index in [1.165, 1.54) is 0 Å². The molecule has 0 amide bonds. The number of halogens is 6. The molecule has 0 unspecified atom stereocenters. The number of rotatable bonds is 2. The van der Waals surface area contributed by atoms with Crippen molar-refractivity contribution in [2.45, 2.75) is 12.5 Å². The maximum atomic E-state index is 12.6. The summed E-state index contributed by atoms with van der Waals surface area (Å²) < 4.78 is 77.8. The van der Waals surface area contributed by atoms with Crippen molar-refractivity contribution < 1.29 is 41.0 Å². The molecule has 118 valence electrons. The molecule has 0 fully saturated rings. The molecule has 22 heavy (non-hydrogen) atoms. The number of carboxylic acids is 1. The average Bonchev–Trinajstić information content (AvgIpc) is 2.34. The Kier molecular flexibility index (Phi) is 3.63. The number of alkyl halides is 6. The second-order valence-electron chi connectivity index (χ2n) is 4.08. The number of fused-ring (bicyclic) bond motifs is 1. The van der Waals surface area contributed by atoms with Crippen molar-refractivity contribution in [3.8, 4) is 5.75 Å². The van der Waals surface area contributed by atoms with Gasteiger partial charge in [-0.3, -0.25) is 0 Å². The van der Waals surface area contributed by atoms with E-state index in [-0.39, 0.29) is 6.07 Å². The van der Waals surface area contributed by atoms with Gasteiger partial charge < -0.3 is 9.84 Å². The smallest absolute Gasteiger partial charge is 0.478 e. The fourth-order valence-electron chi connectivity index (χ4n) is 1.72. The van der Waals surface area contributed by atoms with Crippen LogP contribution >= 0.6 is 0 Å². The van der Waals surface area contributed by atoms with Crippen LogP contribution in [0.1, 0.15) is 16.1 Å². The van der Waals surface area contributed by atoms with Gasteiger partial charge in [-0.05, 0) is 24.3 Å². The van der Waals surface area contributed by atoms with E-state index < -0.39 is 46.4 Å². The van der Waals surface area contributed by atoms with E-state index in [9.17, 15) is 31.1 Å². The Bertz CT molecular complexity index is 738. The Morgan fingerprint density at radius 2 is 1.73 bits per heavy atom. The van der Waals surface area contributed by atoms with Gasteiger partial charge in [0.05, 0.1) is 11.1 Å². The standard InChI is InChI=1S/C12H5F6NO3/c13-11(14,15)9-4-7(10(20)21)6-3-5(22-12(16,17)18)1-2-8(6)19-9/h1-4H,(H,20,21). The van der Waals surface area contributed by atoms with Gasteiger partial charge in [0.2, 0.25) is 0 Å². The third-order valence-corrected chi connectivity index (χ3v) is 2.53. The number of pyridine rings is 1. The number of aromatic nitrogens is 1. The summed E-state index contributed by atoms with van der Waals surface area (Å²) in [6, 6.07) is 2.48. The summed E-state index contributed by atoms with van der Waals surface area (Å²) >= 11 is 0. The number of hydrogen-bond donors (Lipinski definition) is 1. The average molecular weight is 325 g/mol. The molecule has 0 spiro atoms. The third kappa shape index (κ3) is 3.38. The SMILES string of the molecule is O=C(O)c1cc(C(F)(F)F)nc2ccc(OC(F)(F)F)cc12.